The van der Waals surface area contributed by atoms with Crippen LogP contribution >= 0.6 is 15.9 Å². The van der Waals surface area contributed by atoms with Crippen LogP contribution in [0.25, 0.3) is 0 Å². The Bertz CT molecular complexity index is 662. The second-order valence-corrected chi connectivity index (χ2v) is 5.85. The van der Waals surface area contributed by atoms with E-state index < -0.39 is 0 Å². The lowest BCUT2D eigenvalue weighted by Gasteiger charge is -2.08. The molecule has 0 aliphatic heterocycles. The van der Waals surface area contributed by atoms with Gasteiger partial charge < -0.3 is 15.4 Å². The van der Waals surface area contributed by atoms with E-state index in [9.17, 15) is 4.79 Å². The number of nitrogens with zero attached hydrogens (tertiary/aromatic N) is 2. The van der Waals surface area contributed by atoms with Gasteiger partial charge in [0, 0.05) is 30.4 Å². The Hall–Kier alpha value is -1.99. The highest BCUT2D eigenvalue weighted by atomic mass is 79.9. The summed E-state index contributed by atoms with van der Waals surface area (Å²) in [6, 6.07) is 9.29. The van der Waals surface area contributed by atoms with Gasteiger partial charge in [-0.2, -0.15) is 0 Å². The first kappa shape index (κ1) is 17.4. The van der Waals surface area contributed by atoms with Crippen molar-refractivity contribution >= 4 is 33.3 Å². The third-order valence-electron chi connectivity index (χ3n) is 3.15. The number of benzene rings is 1. The van der Waals surface area contributed by atoms with E-state index in [-0.39, 0.29) is 11.6 Å². The van der Waals surface area contributed by atoms with Crippen LogP contribution in [0.1, 0.15) is 22.5 Å². The van der Waals surface area contributed by atoms with Crippen molar-refractivity contribution in [1.29, 1.82) is 0 Å². The first-order valence-corrected chi connectivity index (χ1v) is 8.03. The molecule has 1 amide bonds. The van der Waals surface area contributed by atoms with Crippen LogP contribution < -0.4 is 10.6 Å². The van der Waals surface area contributed by atoms with Crippen LogP contribution in [0.2, 0.25) is 0 Å². The van der Waals surface area contributed by atoms with Gasteiger partial charge >= 0.3 is 0 Å². The maximum atomic E-state index is 11.9. The fraction of sp³-hybridized carbons (Fsp3) is 0.312. The molecular weight excluding hydrogens is 360 g/mol. The van der Waals surface area contributed by atoms with E-state index in [0.29, 0.717) is 19.0 Å². The predicted molar refractivity (Wildman–Crippen MR) is 93.0 cm³/mol. The molecule has 0 saturated heterocycles. The summed E-state index contributed by atoms with van der Waals surface area (Å²) in [5, 5.41) is 13.9. The average Bonchev–Trinajstić information content (AvgIpc) is 2.55. The molecule has 0 fully saturated rings. The lowest BCUT2D eigenvalue weighted by molar-refractivity contribution is 0.0942. The van der Waals surface area contributed by atoms with Gasteiger partial charge in [0.2, 0.25) is 0 Å². The Labute approximate surface area is 143 Å². The van der Waals surface area contributed by atoms with E-state index in [1.807, 2.05) is 25.1 Å². The van der Waals surface area contributed by atoms with Gasteiger partial charge in [-0.1, -0.05) is 22.0 Å². The Morgan fingerprint density at radius 3 is 2.74 bits per heavy atom. The maximum Gasteiger partial charge on any atom is 0.271 e. The van der Waals surface area contributed by atoms with Crippen LogP contribution in [0.3, 0.4) is 0 Å². The molecule has 1 aromatic heterocycles. The van der Waals surface area contributed by atoms with Crippen LogP contribution in [0.15, 0.2) is 34.8 Å². The molecule has 0 aliphatic carbocycles. The minimum Gasteiger partial charge on any atom is -0.385 e. The number of aryl methyl sites for hydroxylation is 1. The molecular formula is C16H19BrN4O2. The van der Waals surface area contributed by atoms with E-state index in [0.717, 1.165) is 22.1 Å². The van der Waals surface area contributed by atoms with Crippen molar-refractivity contribution in [3.05, 3.63) is 46.1 Å². The molecule has 0 atom stereocenters. The van der Waals surface area contributed by atoms with E-state index >= 15 is 0 Å². The van der Waals surface area contributed by atoms with Crippen molar-refractivity contribution in [1.82, 2.24) is 15.5 Å². The number of carbonyl (C=O) groups excluding carboxylic acids is 1. The normalized spacial score (nSPS) is 10.4. The third-order valence-corrected chi connectivity index (χ3v) is 4.01. The number of rotatable bonds is 7. The standard InChI is InChI=1S/C16H19BrN4O2/c1-11-4-5-12(10-13(11)17)19-15-7-6-14(20-21-15)16(22)18-8-3-9-23-2/h4-7,10H,3,8-9H2,1-2H3,(H,18,22)(H,19,21). The molecule has 23 heavy (non-hydrogen) atoms. The number of halogens is 1. The zero-order valence-corrected chi connectivity index (χ0v) is 14.7. The third kappa shape index (κ3) is 5.30. The quantitative estimate of drug-likeness (QED) is 0.724. The molecule has 1 aromatic carbocycles. The summed E-state index contributed by atoms with van der Waals surface area (Å²) in [7, 11) is 1.63. The van der Waals surface area contributed by atoms with E-state index in [1.165, 1.54) is 0 Å². The Morgan fingerprint density at radius 2 is 2.09 bits per heavy atom. The van der Waals surface area contributed by atoms with Crippen molar-refractivity contribution < 1.29 is 9.53 Å². The molecule has 122 valence electrons. The zero-order valence-electron chi connectivity index (χ0n) is 13.1. The summed E-state index contributed by atoms with van der Waals surface area (Å²) < 4.78 is 5.94. The van der Waals surface area contributed by atoms with Gasteiger partial charge in [0.15, 0.2) is 11.5 Å². The number of hydrogen-bond donors (Lipinski definition) is 2. The summed E-state index contributed by atoms with van der Waals surface area (Å²) in [5.41, 5.74) is 2.34. The summed E-state index contributed by atoms with van der Waals surface area (Å²) in [6.45, 7) is 3.18. The molecule has 2 N–H and O–H groups in total. The molecule has 2 aromatic rings. The van der Waals surface area contributed by atoms with E-state index in [4.69, 9.17) is 4.74 Å². The number of nitrogens with one attached hydrogen (secondary N) is 2. The smallest absolute Gasteiger partial charge is 0.271 e. The first-order chi connectivity index (χ1) is 11.1. The number of hydrogen-bond acceptors (Lipinski definition) is 5. The molecule has 0 unspecified atom stereocenters. The molecule has 0 bridgehead atoms. The molecule has 0 radical (unpaired) electrons. The van der Waals surface area contributed by atoms with Gasteiger partial charge in [0.25, 0.3) is 5.91 Å². The molecule has 2 rings (SSSR count). The van der Waals surface area contributed by atoms with Crippen LogP contribution in [-0.2, 0) is 4.74 Å². The fourth-order valence-electron chi connectivity index (χ4n) is 1.85. The van der Waals surface area contributed by atoms with Gasteiger partial charge in [-0.3, -0.25) is 4.79 Å². The predicted octanol–water partition coefficient (Wildman–Crippen LogP) is 3.06. The number of aromatic nitrogens is 2. The lowest BCUT2D eigenvalue weighted by Crippen LogP contribution is -2.26. The highest BCUT2D eigenvalue weighted by Crippen LogP contribution is 2.22. The van der Waals surface area contributed by atoms with E-state index in [2.05, 4.69) is 36.8 Å². The highest BCUT2D eigenvalue weighted by molar-refractivity contribution is 9.10. The van der Waals surface area contributed by atoms with Gasteiger partial charge in [0.05, 0.1) is 0 Å². The molecule has 6 nitrogen and oxygen atoms in total. The minimum absolute atomic E-state index is 0.238. The Morgan fingerprint density at radius 1 is 1.26 bits per heavy atom. The second-order valence-electron chi connectivity index (χ2n) is 5.00. The van der Waals surface area contributed by atoms with Crippen molar-refractivity contribution in [3.63, 3.8) is 0 Å². The van der Waals surface area contributed by atoms with Crippen LogP contribution in [0, 0.1) is 6.92 Å². The number of anilines is 2. The number of amides is 1. The number of carbonyl (C=O) groups is 1. The maximum absolute atomic E-state index is 11.9. The fourth-order valence-corrected chi connectivity index (χ4v) is 2.23. The summed E-state index contributed by atoms with van der Waals surface area (Å²) in [6.07, 6.45) is 0.762. The number of ether oxygens (including phenoxy) is 1. The Balaban J connectivity index is 1.93. The van der Waals surface area contributed by atoms with Crippen LogP contribution in [0.4, 0.5) is 11.5 Å². The topological polar surface area (TPSA) is 76.1 Å². The summed E-state index contributed by atoms with van der Waals surface area (Å²) >= 11 is 3.49. The zero-order chi connectivity index (χ0) is 16.7. The van der Waals surface area contributed by atoms with Gasteiger partial charge in [-0.25, -0.2) is 0 Å². The second kappa shape index (κ2) is 8.59. The highest BCUT2D eigenvalue weighted by Gasteiger charge is 2.07. The summed E-state index contributed by atoms with van der Waals surface area (Å²) in [4.78, 5) is 11.9. The van der Waals surface area contributed by atoms with Gasteiger partial charge in [-0.05, 0) is 43.2 Å². The summed E-state index contributed by atoms with van der Waals surface area (Å²) in [5.74, 6) is 0.343. The first-order valence-electron chi connectivity index (χ1n) is 7.24. The van der Waals surface area contributed by atoms with Crippen molar-refractivity contribution in [2.24, 2.45) is 0 Å². The number of methoxy groups -OCH3 is 1. The van der Waals surface area contributed by atoms with Crippen molar-refractivity contribution in [3.8, 4) is 0 Å². The molecule has 0 spiro atoms. The van der Waals surface area contributed by atoms with Crippen molar-refractivity contribution in [2.45, 2.75) is 13.3 Å². The molecule has 7 heteroatoms. The van der Waals surface area contributed by atoms with E-state index in [1.54, 1.807) is 19.2 Å². The molecule has 0 saturated carbocycles. The molecule has 1 heterocycles. The van der Waals surface area contributed by atoms with Crippen molar-refractivity contribution in [2.75, 3.05) is 25.6 Å². The van der Waals surface area contributed by atoms with Gasteiger partial charge in [-0.15, -0.1) is 10.2 Å². The largest absolute Gasteiger partial charge is 0.385 e. The minimum atomic E-state index is -0.238. The van der Waals surface area contributed by atoms with Gasteiger partial charge in [0.1, 0.15) is 0 Å². The lowest BCUT2D eigenvalue weighted by atomic mass is 10.2. The average molecular weight is 379 g/mol. The SMILES string of the molecule is COCCCNC(=O)c1ccc(Nc2ccc(C)c(Br)c2)nn1. The molecule has 0 aliphatic rings. The van der Waals surface area contributed by atoms with Crippen LogP contribution in [-0.4, -0.2) is 36.4 Å². The van der Waals surface area contributed by atoms with Crippen LogP contribution in [0.5, 0.6) is 0 Å². The monoisotopic (exact) mass is 378 g/mol. The Kier molecular flexibility index (Phi) is 6.49.